The van der Waals surface area contributed by atoms with Gasteiger partial charge in [0.2, 0.25) is 0 Å². The van der Waals surface area contributed by atoms with E-state index in [0.29, 0.717) is 6.42 Å². The Bertz CT molecular complexity index is 414. The van der Waals surface area contributed by atoms with Gasteiger partial charge in [-0.1, -0.05) is 110 Å². The van der Waals surface area contributed by atoms with Crippen LogP contribution >= 0.6 is 0 Å². The summed E-state index contributed by atoms with van der Waals surface area (Å²) >= 11 is 0. The molecule has 0 aliphatic carbocycles. The Morgan fingerprint density at radius 1 is 0.667 bits per heavy atom. The van der Waals surface area contributed by atoms with Crippen molar-refractivity contribution in [3.05, 3.63) is 0 Å². The molecule has 0 radical (unpaired) electrons. The summed E-state index contributed by atoms with van der Waals surface area (Å²) in [7, 11) is -4.63. The van der Waals surface area contributed by atoms with Crippen LogP contribution in [0.2, 0.25) is 0 Å². The Balaban J connectivity index is 0. The quantitative estimate of drug-likeness (QED) is 0.183. The number of rotatable bonds is 19. The molecule has 0 aromatic rings. The van der Waals surface area contributed by atoms with E-state index >= 15 is 0 Å². The van der Waals surface area contributed by atoms with E-state index in [0.717, 1.165) is 19.3 Å². The molecule has 1 atom stereocenters. The molecule has 0 saturated carbocycles. The molecule has 0 aliphatic heterocycles. The molecule has 1 unspecified atom stereocenters. The molecular formula is C21H47NO4S. The average Bonchev–Trinajstić information content (AvgIpc) is 2.60. The molecule has 0 rings (SSSR count). The maximum absolute atomic E-state index is 11.1. The number of unbranched alkanes of at least 4 members (excludes halogenated alkanes) is 15. The van der Waals surface area contributed by atoms with E-state index < -0.39 is 15.1 Å². The lowest BCUT2D eigenvalue weighted by molar-refractivity contribution is 0.0952. The first-order valence-electron chi connectivity index (χ1n) is 11.0. The summed E-state index contributed by atoms with van der Waals surface area (Å²) in [6.45, 7) is 3.80. The van der Waals surface area contributed by atoms with Crippen LogP contribution in [0, 0.1) is 0 Å². The number of quaternary nitrogens is 1. The first-order chi connectivity index (χ1) is 12.4. The van der Waals surface area contributed by atoms with Crippen LogP contribution in [0.4, 0.5) is 0 Å². The molecule has 0 saturated heterocycles. The van der Waals surface area contributed by atoms with Gasteiger partial charge in [0.05, 0.1) is 0 Å². The third-order valence-corrected chi connectivity index (χ3v) is 6.86. The summed E-state index contributed by atoms with van der Waals surface area (Å²) in [4.78, 5) is -2.07. The zero-order valence-corrected chi connectivity index (χ0v) is 19.1. The first kappa shape index (κ1) is 29.0. The summed E-state index contributed by atoms with van der Waals surface area (Å²) in [5.74, 6) is 0. The van der Waals surface area contributed by atoms with Crippen LogP contribution in [0.5, 0.6) is 0 Å². The van der Waals surface area contributed by atoms with Crippen molar-refractivity contribution in [1.82, 2.24) is 6.15 Å². The molecule has 0 heterocycles. The normalized spacial score (nSPS) is 13.9. The molecule has 0 aliphatic rings. The topological polar surface area (TPSA) is 114 Å². The third-order valence-electron chi connectivity index (χ3n) is 5.44. The molecule has 0 fully saturated rings. The lowest BCUT2D eigenvalue weighted by atomic mass is 10.0. The highest BCUT2D eigenvalue weighted by molar-refractivity contribution is 7.86. The number of hydrogen-bond acceptors (Lipinski definition) is 4. The second-order valence-electron chi connectivity index (χ2n) is 7.81. The van der Waals surface area contributed by atoms with Gasteiger partial charge >= 0.3 is 0 Å². The van der Waals surface area contributed by atoms with Gasteiger partial charge in [-0.25, -0.2) is 8.42 Å². The van der Waals surface area contributed by atoms with Crippen molar-refractivity contribution in [2.24, 2.45) is 0 Å². The van der Waals surface area contributed by atoms with Crippen LogP contribution in [0.3, 0.4) is 0 Å². The van der Waals surface area contributed by atoms with E-state index in [1.54, 1.807) is 6.92 Å². The summed E-state index contributed by atoms with van der Waals surface area (Å²) in [5, 5.41) is 9.87. The highest BCUT2D eigenvalue weighted by atomic mass is 32.2. The minimum Gasteiger partial charge on any atom is -0.746 e. The van der Waals surface area contributed by atoms with Crippen molar-refractivity contribution in [2.75, 3.05) is 0 Å². The second kappa shape index (κ2) is 17.9. The van der Waals surface area contributed by atoms with Gasteiger partial charge in [-0.05, 0) is 19.3 Å². The van der Waals surface area contributed by atoms with E-state index in [4.69, 9.17) is 0 Å². The average molecular weight is 410 g/mol. The zero-order chi connectivity index (χ0) is 19.7. The molecule has 0 spiro atoms. The van der Waals surface area contributed by atoms with Gasteiger partial charge in [-0.2, -0.15) is 0 Å². The van der Waals surface area contributed by atoms with Gasteiger partial charge < -0.3 is 15.8 Å². The fraction of sp³-hybridized carbons (Fsp3) is 1.00. The van der Waals surface area contributed by atoms with Crippen LogP contribution in [0.1, 0.15) is 129 Å². The lowest BCUT2D eigenvalue weighted by Gasteiger charge is -2.29. The molecule has 27 heavy (non-hydrogen) atoms. The first-order valence-corrected chi connectivity index (χ1v) is 12.5. The van der Waals surface area contributed by atoms with Gasteiger partial charge in [0.1, 0.15) is 10.1 Å². The van der Waals surface area contributed by atoms with Crippen molar-refractivity contribution in [2.45, 2.75) is 134 Å². The number of aliphatic hydroxyl groups is 1. The van der Waals surface area contributed by atoms with Crippen molar-refractivity contribution in [3.63, 3.8) is 0 Å². The van der Waals surface area contributed by atoms with Crippen molar-refractivity contribution >= 4 is 10.1 Å². The molecule has 0 bridgehead atoms. The van der Waals surface area contributed by atoms with E-state index in [1.807, 2.05) is 0 Å². The van der Waals surface area contributed by atoms with Gasteiger partial charge in [0, 0.05) is 0 Å². The van der Waals surface area contributed by atoms with E-state index in [2.05, 4.69) is 6.92 Å². The largest absolute Gasteiger partial charge is 0.746 e. The molecule has 5 N–H and O–H groups in total. The van der Waals surface area contributed by atoms with Gasteiger partial charge in [-0.3, -0.25) is 0 Å². The smallest absolute Gasteiger partial charge is 0.153 e. The van der Waals surface area contributed by atoms with Crippen molar-refractivity contribution < 1.29 is 18.1 Å². The predicted octanol–water partition coefficient (Wildman–Crippen LogP) is 6.66. The maximum Gasteiger partial charge on any atom is 0.153 e. The summed E-state index contributed by atoms with van der Waals surface area (Å²) in [6.07, 6.45) is 20.0. The minimum absolute atomic E-state index is 0. The van der Waals surface area contributed by atoms with Crippen LogP contribution in [0.15, 0.2) is 0 Å². The van der Waals surface area contributed by atoms with Crippen LogP contribution in [-0.4, -0.2) is 23.0 Å². The lowest BCUT2D eigenvalue weighted by Crippen LogP contribution is -2.37. The Kier molecular flexibility index (Phi) is 19.2. The molecule has 5 nitrogen and oxygen atoms in total. The highest BCUT2D eigenvalue weighted by Crippen LogP contribution is 2.25. The Labute approximate surface area is 169 Å². The van der Waals surface area contributed by atoms with Crippen molar-refractivity contribution in [3.8, 4) is 0 Å². The molecular weight excluding hydrogens is 362 g/mol. The third kappa shape index (κ3) is 15.4. The van der Waals surface area contributed by atoms with E-state index in [1.165, 1.54) is 77.0 Å². The van der Waals surface area contributed by atoms with Gasteiger partial charge in [-0.15, -0.1) is 0 Å². The predicted molar refractivity (Wildman–Crippen MR) is 115 cm³/mol. The Hall–Kier alpha value is -0.170. The number of hydrogen-bond donors (Lipinski definition) is 2. The van der Waals surface area contributed by atoms with Crippen molar-refractivity contribution in [1.29, 1.82) is 0 Å². The monoisotopic (exact) mass is 409 g/mol. The molecule has 6 heteroatoms. The van der Waals surface area contributed by atoms with Crippen LogP contribution in [0.25, 0.3) is 0 Å². The van der Waals surface area contributed by atoms with Gasteiger partial charge in [0.25, 0.3) is 0 Å². The SMILES string of the molecule is CCCCCCCCCCCCCCCCCCC(O)(CC)S(=O)(=O)[O-].[NH4+]. The van der Waals surface area contributed by atoms with E-state index in [9.17, 15) is 18.1 Å². The van der Waals surface area contributed by atoms with Crippen LogP contribution in [-0.2, 0) is 10.1 Å². The minimum atomic E-state index is -4.63. The Morgan fingerprint density at radius 2 is 0.963 bits per heavy atom. The molecule has 0 amide bonds. The molecule has 0 aromatic heterocycles. The Morgan fingerprint density at radius 3 is 1.22 bits per heavy atom. The van der Waals surface area contributed by atoms with E-state index in [-0.39, 0.29) is 19.0 Å². The summed E-state index contributed by atoms with van der Waals surface area (Å²) in [5.41, 5.74) is 0. The highest BCUT2D eigenvalue weighted by Gasteiger charge is 2.31. The zero-order valence-electron chi connectivity index (χ0n) is 18.3. The second-order valence-corrected chi connectivity index (χ2v) is 9.48. The molecule has 166 valence electrons. The van der Waals surface area contributed by atoms with Crippen LogP contribution < -0.4 is 6.15 Å². The fourth-order valence-electron chi connectivity index (χ4n) is 3.43. The summed E-state index contributed by atoms with van der Waals surface area (Å²) in [6, 6.07) is 0. The maximum atomic E-state index is 11.1. The summed E-state index contributed by atoms with van der Waals surface area (Å²) < 4.78 is 33.2. The fourth-order valence-corrected chi connectivity index (χ4v) is 4.18. The molecule has 0 aromatic carbocycles. The standard InChI is InChI=1S/C21H44O4S.H3N/c1-3-5-6-7-8-9-10-11-12-13-14-15-16-17-18-19-20-21(22,4-2)26(23,24)25;/h22H,3-20H2,1-2H3,(H,23,24,25);1H3. The van der Waals surface area contributed by atoms with Gasteiger partial charge in [0.15, 0.2) is 4.93 Å².